The first-order chi connectivity index (χ1) is 15.3. The van der Waals surface area contributed by atoms with E-state index in [1.165, 1.54) is 0 Å². The lowest BCUT2D eigenvalue weighted by Gasteiger charge is -2.16. The van der Waals surface area contributed by atoms with Crippen LogP contribution in [0.5, 0.6) is 0 Å². The Hall–Kier alpha value is -4.26. The van der Waals surface area contributed by atoms with Crippen molar-refractivity contribution in [1.29, 1.82) is 0 Å². The Balaban J connectivity index is 1.42. The SMILES string of the molecule is O=C(N[C@@H](Cc1ccccc1)c1nc2ccccc2[nH]1)c1cc(-c2ccccn2)n[nH]1. The maximum atomic E-state index is 13.0. The van der Waals surface area contributed by atoms with Gasteiger partial charge in [-0.25, -0.2) is 4.98 Å². The lowest BCUT2D eigenvalue weighted by molar-refractivity contribution is 0.0930. The molecule has 0 unspecified atom stereocenters. The number of aromatic nitrogens is 5. The Morgan fingerprint density at radius 2 is 1.74 bits per heavy atom. The van der Waals surface area contributed by atoms with Crippen LogP contribution in [-0.4, -0.2) is 31.1 Å². The van der Waals surface area contributed by atoms with E-state index in [9.17, 15) is 4.79 Å². The molecule has 3 heterocycles. The Bertz CT molecular complexity index is 1280. The second kappa shape index (κ2) is 8.23. The van der Waals surface area contributed by atoms with E-state index in [1.807, 2.05) is 72.8 Å². The summed E-state index contributed by atoms with van der Waals surface area (Å²) in [5.74, 6) is 0.457. The van der Waals surface area contributed by atoms with Gasteiger partial charge in [-0.3, -0.25) is 14.9 Å². The number of nitrogens with one attached hydrogen (secondary N) is 3. The van der Waals surface area contributed by atoms with Crippen LogP contribution in [0.3, 0.4) is 0 Å². The molecule has 0 bridgehead atoms. The van der Waals surface area contributed by atoms with Crippen molar-refractivity contribution in [2.45, 2.75) is 12.5 Å². The molecule has 7 nitrogen and oxygen atoms in total. The summed E-state index contributed by atoms with van der Waals surface area (Å²) < 4.78 is 0. The third kappa shape index (κ3) is 4.06. The summed E-state index contributed by atoms with van der Waals surface area (Å²) in [5, 5.41) is 10.2. The summed E-state index contributed by atoms with van der Waals surface area (Å²) in [6.45, 7) is 0. The van der Waals surface area contributed by atoms with E-state index in [1.54, 1.807) is 12.3 Å². The van der Waals surface area contributed by atoms with E-state index < -0.39 is 0 Å². The summed E-state index contributed by atoms with van der Waals surface area (Å²) in [5.41, 5.74) is 4.60. The topological polar surface area (TPSA) is 99.3 Å². The van der Waals surface area contributed by atoms with Crippen LogP contribution < -0.4 is 5.32 Å². The smallest absolute Gasteiger partial charge is 0.269 e. The number of fused-ring (bicyclic) bond motifs is 1. The van der Waals surface area contributed by atoms with Gasteiger partial charge in [-0.15, -0.1) is 0 Å². The van der Waals surface area contributed by atoms with Gasteiger partial charge in [0.25, 0.3) is 5.91 Å². The number of imidazole rings is 1. The molecule has 31 heavy (non-hydrogen) atoms. The van der Waals surface area contributed by atoms with Crippen molar-refractivity contribution in [3.8, 4) is 11.4 Å². The molecular weight excluding hydrogens is 388 g/mol. The maximum absolute atomic E-state index is 13.0. The molecular formula is C24H20N6O. The minimum atomic E-state index is -0.330. The number of rotatable bonds is 6. The van der Waals surface area contributed by atoms with E-state index in [4.69, 9.17) is 4.98 Å². The number of H-pyrrole nitrogens is 2. The lowest BCUT2D eigenvalue weighted by Crippen LogP contribution is -2.31. The van der Waals surface area contributed by atoms with Crippen LogP contribution in [-0.2, 0) is 6.42 Å². The largest absolute Gasteiger partial charge is 0.340 e. The van der Waals surface area contributed by atoms with Crippen LogP contribution in [0.4, 0.5) is 0 Å². The lowest BCUT2D eigenvalue weighted by atomic mass is 10.1. The van der Waals surface area contributed by atoms with E-state index in [0.29, 0.717) is 29.3 Å². The summed E-state index contributed by atoms with van der Waals surface area (Å²) >= 11 is 0. The number of hydrogen-bond acceptors (Lipinski definition) is 4. The molecule has 2 aromatic carbocycles. The highest BCUT2D eigenvalue weighted by molar-refractivity contribution is 5.93. The maximum Gasteiger partial charge on any atom is 0.269 e. The number of aromatic amines is 2. The highest BCUT2D eigenvalue weighted by atomic mass is 16.2. The van der Waals surface area contributed by atoms with Crippen molar-refractivity contribution in [3.63, 3.8) is 0 Å². The van der Waals surface area contributed by atoms with E-state index in [-0.39, 0.29) is 11.9 Å². The Kier molecular flexibility index (Phi) is 4.98. The van der Waals surface area contributed by atoms with Crippen molar-refractivity contribution < 1.29 is 4.79 Å². The fraction of sp³-hybridized carbons (Fsp3) is 0.0833. The summed E-state index contributed by atoms with van der Waals surface area (Å²) in [6.07, 6.45) is 2.30. The second-order valence-corrected chi connectivity index (χ2v) is 7.24. The van der Waals surface area contributed by atoms with Gasteiger partial charge in [0, 0.05) is 6.20 Å². The first-order valence-corrected chi connectivity index (χ1v) is 10.0. The number of carbonyl (C=O) groups excluding carboxylic acids is 1. The Morgan fingerprint density at radius 1 is 0.935 bits per heavy atom. The van der Waals surface area contributed by atoms with Gasteiger partial charge in [0.2, 0.25) is 0 Å². The third-order valence-electron chi connectivity index (χ3n) is 5.08. The fourth-order valence-corrected chi connectivity index (χ4v) is 3.52. The highest BCUT2D eigenvalue weighted by Crippen LogP contribution is 2.21. The average molecular weight is 408 g/mol. The van der Waals surface area contributed by atoms with Crippen molar-refractivity contribution in [2.75, 3.05) is 0 Å². The van der Waals surface area contributed by atoms with Gasteiger partial charge >= 0.3 is 0 Å². The number of benzene rings is 2. The molecule has 5 aromatic rings. The quantitative estimate of drug-likeness (QED) is 0.394. The summed E-state index contributed by atoms with van der Waals surface area (Å²) in [4.78, 5) is 25.4. The first kappa shape index (κ1) is 18.7. The molecule has 7 heteroatoms. The molecule has 1 amide bonds. The molecule has 5 rings (SSSR count). The standard InChI is InChI=1S/C24H20N6O/c31-24(22-15-20(29-30-22)17-10-6-7-13-25-17)28-21(14-16-8-2-1-3-9-16)23-26-18-11-4-5-12-19(18)27-23/h1-13,15,21H,14H2,(H,26,27)(H,28,31)(H,29,30)/t21-/m0/s1. The number of para-hydroxylation sites is 2. The van der Waals surface area contributed by atoms with Gasteiger partial charge in [-0.2, -0.15) is 5.10 Å². The van der Waals surface area contributed by atoms with Gasteiger partial charge in [0.1, 0.15) is 17.2 Å². The average Bonchev–Trinajstić information content (AvgIpc) is 3.48. The zero-order valence-electron chi connectivity index (χ0n) is 16.6. The number of pyridine rings is 1. The van der Waals surface area contributed by atoms with Gasteiger partial charge in [0.15, 0.2) is 0 Å². The zero-order valence-corrected chi connectivity index (χ0v) is 16.6. The van der Waals surface area contributed by atoms with E-state index in [2.05, 4.69) is 25.5 Å². The van der Waals surface area contributed by atoms with Crippen LogP contribution in [0.25, 0.3) is 22.4 Å². The predicted molar refractivity (Wildman–Crippen MR) is 118 cm³/mol. The summed E-state index contributed by atoms with van der Waals surface area (Å²) in [6, 6.07) is 24.8. The monoisotopic (exact) mass is 408 g/mol. The fourth-order valence-electron chi connectivity index (χ4n) is 3.52. The number of hydrogen-bond donors (Lipinski definition) is 3. The Labute approximate surface area is 178 Å². The van der Waals surface area contributed by atoms with Gasteiger partial charge in [-0.1, -0.05) is 48.5 Å². The molecule has 0 aliphatic carbocycles. The first-order valence-electron chi connectivity index (χ1n) is 10.0. The van der Waals surface area contributed by atoms with Gasteiger partial charge in [0.05, 0.1) is 22.8 Å². The van der Waals surface area contributed by atoms with Gasteiger partial charge in [-0.05, 0) is 42.3 Å². The highest BCUT2D eigenvalue weighted by Gasteiger charge is 2.21. The predicted octanol–water partition coefficient (Wildman–Crippen LogP) is 4.06. The van der Waals surface area contributed by atoms with Crippen LogP contribution in [0, 0.1) is 0 Å². The van der Waals surface area contributed by atoms with Crippen molar-refractivity contribution in [2.24, 2.45) is 0 Å². The normalized spacial score (nSPS) is 12.0. The molecule has 1 atom stereocenters. The molecule has 3 N–H and O–H groups in total. The number of amides is 1. The molecule has 0 saturated carbocycles. The molecule has 3 aromatic heterocycles. The van der Waals surface area contributed by atoms with Crippen LogP contribution in [0.2, 0.25) is 0 Å². The van der Waals surface area contributed by atoms with E-state index in [0.717, 1.165) is 16.6 Å². The zero-order chi connectivity index (χ0) is 21.0. The molecule has 0 fully saturated rings. The number of nitrogens with zero attached hydrogens (tertiary/aromatic N) is 3. The van der Waals surface area contributed by atoms with Crippen molar-refractivity contribution in [1.82, 2.24) is 30.5 Å². The molecule has 0 saturated heterocycles. The summed E-state index contributed by atoms with van der Waals surface area (Å²) in [7, 11) is 0. The van der Waals surface area contributed by atoms with Crippen molar-refractivity contribution >= 4 is 16.9 Å². The minimum Gasteiger partial charge on any atom is -0.340 e. The van der Waals surface area contributed by atoms with E-state index >= 15 is 0 Å². The Morgan fingerprint density at radius 3 is 2.55 bits per heavy atom. The minimum absolute atomic E-state index is 0.254. The number of carbonyl (C=O) groups is 1. The molecule has 0 radical (unpaired) electrons. The van der Waals surface area contributed by atoms with Crippen LogP contribution >= 0.6 is 0 Å². The van der Waals surface area contributed by atoms with Crippen LogP contribution in [0.15, 0.2) is 85.1 Å². The van der Waals surface area contributed by atoms with Crippen molar-refractivity contribution in [3.05, 3.63) is 102 Å². The molecule has 0 aliphatic rings. The second-order valence-electron chi connectivity index (χ2n) is 7.24. The third-order valence-corrected chi connectivity index (χ3v) is 5.08. The molecule has 0 spiro atoms. The van der Waals surface area contributed by atoms with Crippen LogP contribution in [0.1, 0.15) is 27.9 Å². The molecule has 152 valence electrons. The molecule has 0 aliphatic heterocycles. The van der Waals surface area contributed by atoms with Gasteiger partial charge < -0.3 is 10.3 Å².